The third-order valence-electron chi connectivity index (χ3n) is 4.74. The van der Waals surface area contributed by atoms with E-state index in [1.807, 2.05) is 30.3 Å². The van der Waals surface area contributed by atoms with Crippen LogP contribution in [0.1, 0.15) is 40.8 Å². The molecule has 0 unspecified atom stereocenters. The number of Topliss-reactive ketones (excluding diaryl/α,β-unsaturated/α-hetero) is 1. The van der Waals surface area contributed by atoms with Crippen LogP contribution in [0.4, 0.5) is 5.13 Å². The molecule has 1 N–H and O–H groups in total. The SMILES string of the molecule is CC(=O)c1sc(NC(=O)c2ccc(S(=O)(=O)N(C)C(C)C)cc2)nc1-c1ccccc1. The number of aromatic nitrogens is 1. The van der Waals surface area contributed by atoms with Gasteiger partial charge in [-0.1, -0.05) is 41.7 Å². The van der Waals surface area contributed by atoms with E-state index in [-0.39, 0.29) is 22.3 Å². The minimum absolute atomic E-state index is 0.111. The number of amides is 1. The zero-order chi connectivity index (χ0) is 22.8. The van der Waals surface area contributed by atoms with Gasteiger partial charge < -0.3 is 0 Å². The smallest absolute Gasteiger partial charge is 0.257 e. The van der Waals surface area contributed by atoms with Crippen LogP contribution in [0.15, 0.2) is 59.5 Å². The van der Waals surface area contributed by atoms with Gasteiger partial charge in [0.25, 0.3) is 5.91 Å². The van der Waals surface area contributed by atoms with Crippen LogP contribution in [0.25, 0.3) is 11.3 Å². The molecular weight excluding hydrogens is 434 g/mol. The van der Waals surface area contributed by atoms with Gasteiger partial charge in [0.05, 0.1) is 15.5 Å². The van der Waals surface area contributed by atoms with Crippen LogP contribution in [0.3, 0.4) is 0 Å². The van der Waals surface area contributed by atoms with E-state index in [0.717, 1.165) is 16.9 Å². The molecule has 0 spiro atoms. The summed E-state index contributed by atoms with van der Waals surface area (Å²) >= 11 is 1.10. The van der Waals surface area contributed by atoms with Crippen molar-refractivity contribution in [3.05, 3.63) is 65.0 Å². The van der Waals surface area contributed by atoms with Crippen molar-refractivity contribution < 1.29 is 18.0 Å². The van der Waals surface area contributed by atoms with Gasteiger partial charge >= 0.3 is 0 Å². The highest BCUT2D eigenvalue weighted by Crippen LogP contribution is 2.31. The van der Waals surface area contributed by atoms with Crippen LogP contribution in [0.2, 0.25) is 0 Å². The van der Waals surface area contributed by atoms with Gasteiger partial charge in [0.15, 0.2) is 10.9 Å². The highest BCUT2D eigenvalue weighted by Gasteiger charge is 2.23. The second-order valence-electron chi connectivity index (χ2n) is 7.21. The Kier molecular flexibility index (Phi) is 6.68. The van der Waals surface area contributed by atoms with E-state index in [1.165, 1.54) is 42.5 Å². The van der Waals surface area contributed by atoms with Crippen LogP contribution in [0.5, 0.6) is 0 Å². The molecule has 1 heterocycles. The number of anilines is 1. The normalized spacial score (nSPS) is 11.7. The lowest BCUT2D eigenvalue weighted by atomic mass is 10.1. The molecule has 1 aromatic heterocycles. The molecule has 162 valence electrons. The zero-order valence-electron chi connectivity index (χ0n) is 17.6. The maximum Gasteiger partial charge on any atom is 0.257 e. The lowest BCUT2D eigenvalue weighted by Gasteiger charge is -2.20. The first-order valence-corrected chi connectivity index (χ1v) is 11.8. The molecule has 9 heteroatoms. The topological polar surface area (TPSA) is 96.4 Å². The summed E-state index contributed by atoms with van der Waals surface area (Å²) in [5.74, 6) is -0.578. The van der Waals surface area contributed by atoms with Crippen molar-refractivity contribution in [1.29, 1.82) is 0 Å². The van der Waals surface area contributed by atoms with Gasteiger partial charge in [0.2, 0.25) is 10.0 Å². The van der Waals surface area contributed by atoms with Crippen LogP contribution < -0.4 is 5.32 Å². The highest BCUT2D eigenvalue weighted by atomic mass is 32.2. The van der Waals surface area contributed by atoms with Crippen molar-refractivity contribution in [3.8, 4) is 11.3 Å². The Balaban J connectivity index is 1.83. The molecule has 0 bridgehead atoms. The molecule has 0 aliphatic carbocycles. The van der Waals surface area contributed by atoms with E-state index >= 15 is 0 Å². The first-order valence-electron chi connectivity index (χ1n) is 9.58. The molecule has 0 saturated heterocycles. The number of thiazole rings is 1. The number of hydrogen-bond acceptors (Lipinski definition) is 6. The molecule has 0 radical (unpaired) electrons. The van der Waals surface area contributed by atoms with Gasteiger partial charge in [-0.2, -0.15) is 4.31 Å². The van der Waals surface area contributed by atoms with Crippen molar-refractivity contribution in [3.63, 3.8) is 0 Å². The van der Waals surface area contributed by atoms with E-state index in [9.17, 15) is 18.0 Å². The lowest BCUT2D eigenvalue weighted by Crippen LogP contribution is -2.33. The predicted molar refractivity (Wildman–Crippen MR) is 122 cm³/mol. The summed E-state index contributed by atoms with van der Waals surface area (Å²) in [6, 6.07) is 14.8. The second-order valence-corrected chi connectivity index (χ2v) is 10.2. The van der Waals surface area contributed by atoms with Crippen molar-refractivity contribution >= 4 is 38.2 Å². The maximum absolute atomic E-state index is 12.7. The molecule has 0 fully saturated rings. The number of benzene rings is 2. The number of sulfonamides is 1. The van der Waals surface area contributed by atoms with Crippen molar-refractivity contribution in [2.45, 2.75) is 31.7 Å². The minimum atomic E-state index is -3.63. The third kappa shape index (κ3) is 4.90. The Morgan fingerprint density at radius 3 is 2.19 bits per heavy atom. The van der Waals surface area contributed by atoms with Crippen molar-refractivity contribution in [2.75, 3.05) is 12.4 Å². The molecule has 3 rings (SSSR count). The van der Waals surface area contributed by atoms with E-state index < -0.39 is 15.9 Å². The minimum Gasteiger partial charge on any atom is -0.298 e. The Morgan fingerprint density at radius 1 is 1.03 bits per heavy atom. The maximum atomic E-state index is 12.7. The van der Waals surface area contributed by atoms with Gasteiger partial charge in [-0.05, 0) is 38.1 Å². The Hall–Kier alpha value is -2.88. The van der Waals surface area contributed by atoms with Crippen molar-refractivity contribution in [1.82, 2.24) is 9.29 Å². The van der Waals surface area contributed by atoms with E-state index in [4.69, 9.17) is 0 Å². The van der Waals surface area contributed by atoms with Gasteiger partial charge in [0.1, 0.15) is 0 Å². The average Bonchev–Trinajstić information content (AvgIpc) is 3.18. The first kappa shape index (κ1) is 22.8. The number of ketones is 1. The molecule has 3 aromatic rings. The standard InChI is InChI=1S/C22H23N3O4S2/c1-14(2)25(4)31(28,29)18-12-10-17(11-13-18)21(27)24-22-23-19(20(30-22)15(3)26)16-8-6-5-7-9-16/h5-14H,1-4H3,(H,23,24,27). The summed E-state index contributed by atoms with van der Waals surface area (Å²) in [7, 11) is -2.11. The fourth-order valence-corrected chi connectivity index (χ4v) is 5.04. The molecule has 0 aliphatic heterocycles. The molecule has 31 heavy (non-hydrogen) atoms. The van der Waals surface area contributed by atoms with E-state index in [0.29, 0.717) is 15.7 Å². The summed E-state index contributed by atoms with van der Waals surface area (Å²) in [5, 5.41) is 3.00. The summed E-state index contributed by atoms with van der Waals surface area (Å²) < 4.78 is 26.4. The summed E-state index contributed by atoms with van der Waals surface area (Å²) in [6.45, 7) is 5.03. The first-order chi connectivity index (χ1) is 14.6. The van der Waals surface area contributed by atoms with Crippen LogP contribution in [0, 0.1) is 0 Å². The molecule has 7 nitrogen and oxygen atoms in total. The molecule has 1 amide bonds. The monoisotopic (exact) mass is 457 g/mol. The number of nitrogens with one attached hydrogen (secondary N) is 1. The average molecular weight is 458 g/mol. The van der Waals surface area contributed by atoms with Crippen molar-refractivity contribution in [2.24, 2.45) is 0 Å². The van der Waals surface area contributed by atoms with Gasteiger partial charge in [0, 0.05) is 31.1 Å². The van der Waals surface area contributed by atoms with E-state index in [1.54, 1.807) is 13.8 Å². The van der Waals surface area contributed by atoms with Crippen LogP contribution in [-0.2, 0) is 10.0 Å². The van der Waals surface area contributed by atoms with Gasteiger partial charge in [-0.3, -0.25) is 14.9 Å². The lowest BCUT2D eigenvalue weighted by molar-refractivity contribution is 0.101. The van der Waals surface area contributed by atoms with Gasteiger partial charge in [-0.25, -0.2) is 13.4 Å². The summed E-state index contributed by atoms with van der Waals surface area (Å²) in [6.07, 6.45) is 0. The largest absolute Gasteiger partial charge is 0.298 e. The quantitative estimate of drug-likeness (QED) is 0.534. The Morgan fingerprint density at radius 2 is 1.65 bits per heavy atom. The van der Waals surface area contributed by atoms with Crippen LogP contribution >= 0.6 is 11.3 Å². The predicted octanol–water partition coefficient (Wildman–Crippen LogP) is 4.29. The summed E-state index contributed by atoms with van der Waals surface area (Å²) in [5.41, 5.74) is 1.59. The number of carbonyl (C=O) groups excluding carboxylic acids is 2. The van der Waals surface area contributed by atoms with E-state index in [2.05, 4.69) is 10.3 Å². The zero-order valence-corrected chi connectivity index (χ0v) is 19.3. The highest BCUT2D eigenvalue weighted by molar-refractivity contribution is 7.89. The summed E-state index contributed by atoms with van der Waals surface area (Å²) in [4.78, 5) is 29.7. The number of carbonyl (C=O) groups is 2. The van der Waals surface area contributed by atoms with Gasteiger partial charge in [-0.15, -0.1) is 0 Å². The number of hydrogen-bond donors (Lipinski definition) is 1. The fraction of sp³-hybridized carbons (Fsp3) is 0.227. The molecular formula is C22H23N3O4S2. The third-order valence-corrected chi connectivity index (χ3v) is 7.85. The number of rotatable bonds is 7. The Bertz CT molecular complexity index is 1200. The molecule has 0 aliphatic rings. The second kappa shape index (κ2) is 9.09. The Labute approximate surface area is 185 Å². The molecule has 0 saturated carbocycles. The fourth-order valence-electron chi connectivity index (χ4n) is 2.80. The van der Waals surface area contributed by atoms with Crippen LogP contribution in [-0.4, -0.2) is 42.5 Å². The molecule has 0 atom stereocenters. The number of nitrogens with zero attached hydrogens (tertiary/aromatic N) is 2. The molecule has 2 aromatic carbocycles.